The predicted octanol–water partition coefficient (Wildman–Crippen LogP) is -4.56. The fourth-order valence-corrected chi connectivity index (χ4v) is 14.3. The van der Waals surface area contributed by atoms with Crippen molar-refractivity contribution in [2.24, 2.45) is 35.0 Å². The van der Waals surface area contributed by atoms with Gasteiger partial charge >= 0.3 is 0 Å². The van der Waals surface area contributed by atoms with Crippen molar-refractivity contribution < 1.29 is 87.2 Å². The third kappa shape index (κ3) is 24.1. The van der Waals surface area contributed by atoms with E-state index in [1.54, 1.807) is 41.5 Å². The number of aromatic hydroxyl groups is 1. The molecule has 36 heteroatoms. The molecule has 4 aliphatic heterocycles. The van der Waals surface area contributed by atoms with E-state index in [4.69, 9.17) is 17.2 Å². The SMILES string of the molecule is CC[C@H](C)[C@@H]1NC(=O)[C@H](Cc2ccc(O)cc2)NC(=O)[C@@H]2CSSC[C@H](NC(=O)[C@H](CC(N)=O)NC(=O)[C@H](CCC(N)=O)NC1=O)C(=O)N[C@@H]([C@@H](C)O)C(=O)N[C@@H](CCCCN)C(=O)N[C@@H](CO)C(=O)N[C@@H]([C@@H](C)CC)C(=O)N1CCC[C@H]1C(=O)N1CCC[C@H]1C(=O)N[C@@H]([C@@H](C)CC)C(=O)N2. The summed E-state index contributed by atoms with van der Waals surface area (Å²) in [7, 11) is 1.60. The average molecular weight is 1460 g/mol. The van der Waals surface area contributed by atoms with Gasteiger partial charge in [-0.15, -0.1) is 0 Å². The molecular weight excluding hydrogens is 1360 g/mol. The standard InChI is InChI=1S/C65H102N16O18S2/c1-8-32(4)49-61(95)70-39(22-23-47(67)85)54(88)72-41(28-48(68)86)55(89)74-44-31-101-100-30-43(58(92)71-40(56(90)76-49)27-36-18-20-37(84)21-19-36)75-62(96)50(33(5)9-2)77-60(94)45-16-13-25-80(45)64(98)46-17-14-26-81(46)65(99)51(34(6)10-3)78-57(91)42(29-82)73-53(87)38(15-11-12-24-66)69-63(97)52(35(7)83)79-59(44)93/h18-21,32-35,38-46,49-52,82-84H,8-17,22-31,66H2,1-7H3,(H2,67,85)(H2,68,86)(H,69,97)(H,70,95)(H,71,92)(H,72,88)(H,73,87)(H,74,89)(H,75,96)(H,76,90)(H,77,94)(H,78,91)(H,79,93)/t32-,33-,34-,35+,38-,39-,40-,41-,42-,43-,44-,45-,46-,49-,50-,51-,52-/m0/s1. The number of carbonyl (C=O) groups is 15. The van der Waals surface area contributed by atoms with Gasteiger partial charge in [-0.25, -0.2) is 0 Å². The molecule has 17 atom stereocenters. The Morgan fingerprint density at radius 3 is 1.46 bits per heavy atom. The minimum atomic E-state index is -1.97. The van der Waals surface area contributed by atoms with E-state index in [2.05, 4.69) is 58.5 Å². The van der Waals surface area contributed by atoms with E-state index in [0.29, 0.717) is 31.2 Å². The maximum absolute atomic E-state index is 15.2. The van der Waals surface area contributed by atoms with Gasteiger partial charge in [-0.2, -0.15) is 0 Å². The monoisotopic (exact) mass is 1460 g/mol. The first-order valence-electron chi connectivity index (χ1n) is 34.4. The van der Waals surface area contributed by atoms with Gasteiger partial charge in [-0.1, -0.05) is 94.5 Å². The molecule has 1 aromatic carbocycles. The van der Waals surface area contributed by atoms with Crippen LogP contribution in [0.3, 0.4) is 0 Å². The predicted molar refractivity (Wildman–Crippen MR) is 370 cm³/mol. The molecule has 0 unspecified atom stereocenters. The second kappa shape index (κ2) is 40.3. The molecule has 0 radical (unpaired) electrons. The Balaban J connectivity index is 1.72. The molecule has 34 nitrogen and oxygen atoms in total. The van der Waals surface area contributed by atoms with Gasteiger partial charge < -0.3 is 101 Å². The molecule has 4 heterocycles. The summed E-state index contributed by atoms with van der Waals surface area (Å²) < 4.78 is 0. The van der Waals surface area contributed by atoms with Crippen LogP contribution in [0.25, 0.3) is 0 Å². The minimum Gasteiger partial charge on any atom is -0.508 e. The Kier molecular flexibility index (Phi) is 33.3. The average Bonchev–Trinajstić information content (AvgIpc) is 1.68. The third-order valence-electron chi connectivity index (χ3n) is 18.7. The number of primary amides is 2. The summed E-state index contributed by atoms with van der Waals surface area (Å²) >= 11 is 0. The molecule has 2 bridgehead atoms. The molecule has 4 fully saturated rings. The third-order valence-corrected chi connectivity index (χ3v) is 21.1. The van der Waals surface area contributed by atoms with E-state index in [1.165, 1.54) is 34.1 Å². The number of amides is 15. The summed E-state index contributed by atoms with van der Waals surface area (Å²) in [6, 6.07) is -15.1. The fourth-order valence-electron chi connectivity index (χ4n) is 11.9. The van der Waals surface area contributed by atoms with Crippen molar-refractivity contribution in [2.45, 2.75) is 223 Å². The smallest absolute Gasteiger partial charge is 0.246 e. The molecule has 4 saturated heterocycles. The summed E-state index contributed by atoms with van der Waals surface area (Å²) in [6.45, 7) is 10.5. The normalized spacial score (nSPS) is 28.6. The molecular formula is C65H102N16O18S2. The van der Waals surface area contributed by atoms with Crippen LogP contribution in [0.4, 0.5) is 0 Å². The van der Waals surface area contributed by atoms with Crippen molar-refractivity contribution in [2.75, 3.05) is 37.7 Å². The molecule has 0 saturated carbocycles. The molecule has 562 valence electrons. The van der Waals surface area contributed by atoms with Crippen molar-refractivity contribution in [3.63, 3.8) is 0 Å². The van der Waals surface area contributed by atoms with Crippen LogP contribution in [0.2, 0.25) is 0 Å². The number of rotatable bonds is 19. The summed E-state index contributed by atoms with van der Waals surface area (Å²) in [5, 5.41) is 60.2. The molecule has 15 amide bonds. The number of phenolic OH excluding ortho intramolecular Hbond substituents is 1. The number of benzene rings is 1. The quantitative estimate of drug-likeness (QED) is 0.0458. The Bertz CT molecular complexity index is 3130. The van der Waals surface area contributed by atoms with Crippen molar-refractivity contribution in [3.8, 4) is 5.75 Å². The largest absolute Gasteiger partial charge is 0.508 e. The zero-order valence-electron chi connectivity index (χ0n) is 58.2. The first-order valence-corrected chi connectivity index (χ1v) is 36.9. The maximum Gasteiger partial charge on any atom is 0.246 e. The number of carbonyl (C=O) groups excluding carboxylic acids is 15. The number of hydrogen-bond donors (Lipinski definition) is 17. The summed E-state index contributed by atoms with van der Waals surface area (Å²) in [4.78, 5) is 219. The van der Waals surface area contributed by atoms with Crippen LogP contribution in [0, 0.1) is 17.8 Å². The molecule has 1 aromatic rings. The van der Waals surface area contributed by atoms with Crippen LogP contribution in [-0.2, 0) is 78.3 Å². The lowest BCUT2D eigenvalue weighted by atomic mass is 9.96. The second-order valence-electron chi connectivity index (χ2n) is 26.2. The van der Waals surface area contributed by atoms with Crippen molar-refractivity contribution in [1.82, 2.24) is 68.3 Å². The number of aliphatic hydroxyl groups excluding tert-OH is 2. The summed E-state index contributed by atoms with van der Waals surface area (Å²) in [5.74, 6) is -18.0. The highest BCUT2D eigenvalue weighted by Gasteiger charge is 2.47. The molecule has 4 aliphatic rings. The topological polar surface area (TPSA) is 534 Å². The van der Waals surface area contributed by atoms with E-state index in [0.717, 1.165) is 28.5 Å². The fraction of sp³-hybridized carbons (Fsp3) is 0.677. The summed E-state index contributed by atoms with van der Waals surface area (Å²) in [6.07, 6.45) is -1.95. The highest BCUT2D eigenvalue weighted by Crippen LogP contribution is 2.29. The van der Waals surface area contributed by atoms with Crippen molar-refractivity contribution in [3.05, 3.63) is 29.8 Å². The van der Waals surface area contributed by atoms with E-state index < -0.39 is 228 Å². The number of fused-ring (bicyclic) bond motifs is 7. The summed E-state index contributed by atoms with van der Waals surface area (Å²) in [5.41, 5.74) is 17.3. The zero-order valence-corrected chi connectivity index (χ0v) is 59.8. The first-order chi connectivity index (χ1) is 47.9. The Labute approximate surface area is 594 Å². The van der Waals surface area contributed by atoms with Gasteiger partial charge in [0.2, 0.25) is 88.6 Å². The second-order valence-corrected chi connectivity index (χ2v) is 28.8. The number of nitrogens with one attached hydrogen (secondary N) is 11. The molecule has 0 aliphatic carbocycles. The van der Waals surface area contributed by atoms with Crippen LogP contribution < -0.4 is 75.7 Å². The number of aliphatic hydroxyl groups is 2. The number of hydrogen-bond acceptors (Lipinski definition) is 21. The van der Waals surface area contributed by atoms with Gasteiger partial charge in [-0.05, 0) is 100 Å². The number of nitrogens with zero attached hydrogens (tertiary/aromatic N) is 2. The maximum atomic E-state index is 15.2. The Morgan fingerprint density at radius 1 is 0.495 bits per heavy atom. The van der Waals surface area contributed by atoms with Gasteiger partial charge in [-0.3, -0.25) is 71.9 Å². The van der Waals surface area contributed by atoms with Gasteiger partial charge in [0.05, 0.1) is 19.1 Å². The van der Waals surface area contributed by atoms with Gasteiger partial charge in [0, 0.05) is 37.4 Å². The van der Waals surface area contributed by atoms with Crippen LogP contribution >= 0.6 is 21.6 Å². The number of unbranched alkanes of at least 4 members (excludes halogenated alkanes) is 1. The van der Waals surface area contributed by atoms with Crippen LogP contribution in [-0.4, -0.2) is 236 Å². The van der Waals surface area contributed by atoms with E-state index >= 15 is 9.59 Å². The number of phenols is 1. The van der Waals surface area contributed by atoms with Gasteiger partial charge in [0.15, 0.2) is 0 Å². The molecule has 0 spiro atoms. The van der Waals surface area contributed by atoms with Crippen LogP contribution in [0.1, 0.15) is 138 Å². The first kappa shape index (κ1) is 83.3. The molecule has 20 N–H and O–H groups in total. The lowest BCUT2D eigenvalue weighted by Crippen LogP contribution is -2.63. The number of nitrogens with two attached hydrogens (primary N) is 3. The van der Waals surface area contributed by atoms with Gasteiger partial charge in [0.25, 0.3) is 0 Å². The Morgan fingerprint density at radius 2 is 0.921 bits per heavy atom. The Hall–Kier alpha value is -8.35. The lowest BCUT2D eigenvalue weighted by molar-refractivity contribution is -0.149. The zero-order chi connectivity index (χ0) is 74.9. The van der Waals surface area contributed by atoms with Crippen molar-refractivity contribution >= 4 is 110 Å². The molecule has 101 heavy (non-hydrogen) atoms. The lowest BCUT2D eigenvalue weighted by Gasteiger charge is -2.35. The van der Waals surface area contributed by atoms with Crippen molar-refractivity contribution in [1.29, 1.82) is 0 Å². The van der Waals surface area contributed by atoms with E-state index in [1.807, 2.05) is 0 Å². The highest BCUT2D eigenvalue weighted by molar-refractivity contribution is 8.76. The van der Waals surface area contributed by atoms with Gasteiger partial charge in [0.1, 0.15) is 84.3 Å². The van der Waals surface area contributed by atoms with Crippen LogP contribution in [0.15, 0.2) is 24.3 Å². The van der Waals surface area contributed by atoms with E-state index in [9.17, 15) is 77.6 Å². The molecule has 0 aromatic heterocycles. The molecule has 5 rings (SSSR count). The van der Waals surface area contributed by atoms with Crippen LogP contribution in [0.5, 0.6) is 5.75 Å². The highest BCUT2D eigenvalue weighted by atomic mass is 33.1. The van der Waals surface area contributed by atoms with E-state index in [-0.39, 0.29) is 70.3 Å². The minimum absolute atomic E-state index is 0.0777.